The number of para-hydroxylation sites is 3. The van der Waals surface area contributed by atoms with Gasteiger partial charge < -0.3 is 19.5 Å². The highest BCUT2D eigenvalue weighted by Gasteiger charge is 2.27. The second kappa shape index (κ2) is 11.1. The number of nitrogens with zero attached hydrogens (tertiary/aromatic N) is 5. The van der Waals surface area contributed by atoms with Crippen molar-refractivity contribution in [2.75, 3.05) is 41.3 Å². The smallest absolute Gasteiger partial charge is 0.217 e. The van der Waals surface area contributed by atoms with Crippen molar-refractivity contribution in [2.24, 2.45) is 0 Å². The first-order chi connectivity index (χ1) is 20.8. The van der Waals surface area contributed by atoms with Crippen LogP contribution in [0.25, 0.3) is 33.5 Å². The summed E-state index contributed by atoms with van der Waals surface area (Å²) in [4.78, 5) is 14.7. The van der Waals surface area contributed by atoms with E-state index < -0.39 is 0 Å². The molecule has 42 heavy (non-hydrogen) atoms. The number of aromatic nitrogens is 2. The molecule has 3 heterocycles. The van der Waals surface area contributed by atoms with E-state index in [-0.39, 0.29) is 0 Å². The third-order valence-electron chi connectivity index (χ3n) is 7.60. The largest absolute Gasteiger partial charge is 0.438 e. The van der Waals surface area contributed by atoms with Crippen LogP contribution < -0.4 is 15.1 Å². The van der Waals surface area contributed by atoms with Crippen LogP contribution in [0, 0.1) is 11.3 Å². The van der Waals surface area contributed by atoms with Gasteiger partial charge in [-0.15, -0.1) is 0 Å². The summed E-state index contributed by atoms with van der Waals surface area (Å²) in [5, 5.41) is 13.8. The molecule has 1 aliphatic heterocycles. The van der Waals surface area contributed by atoms with E-state index in [9.17, 15) is 5.26 Å². The highest BCUT2D eigenvalue weighted by Crippen LogP contribution is 2.43. The summed E-state index contributed by atoms with van der Waals surface area (Å²) >= 11 is 0. The SMILES string of the molecule is N#Cc1c(Nc2nc3ccccc3nc2N2CCN(c3ccccc3)CC2)oc(-c2ccccc2)c1-c1ccccc1. The molecular weight excluding hydrogens is 520 g/mol. The van der Waals surface area contributed by atoms with Crippen LogP contribution in [0.2, 0.25) is 0 Å². The highest BCUT2D eigenvalue weighted by molar-refractivity contribution is 5.90. The van der Waals surface area contributed by atoms with E-state index in [1.807, 2.05) is 91.0 Å². The van der Waals surface area contributed by atoms with Gasteiger partial charge in [0.15, 0.2) is 11.6 Å². The van der Waals surface area contributed by atoms with E-state index >= 15 is 0 Å². The number of anilines is 4. The fourth-order valence-corrected chi connectivity index (χ4v) is 5.52. The predicted molar refractivity (Wildman–Crippen MR) is 168 cm³/mol. The van der Waals surface area contributed by atoms with Gasteiger partial charge in [0.25, 0.3) is 0 Å². The van der Waals surface area contributed by atoms with Crippen molar-refractivity contribution >= 4 is 34.2 Å². The molecule has 0 atom stereocenters. The topological polar surface area (TPSA) is 81.2 Å². The number of fused-ring (bicyclic) bond motifs is 1. The molecule has 4 aromatic carbocycles. The molecule has 0 amide bonds. The maximum absolute atomic E-state index is 10.4. The van der Waals surface area contributed by atoms with Gasteiger partial charge in [0.05, 0.1) is 11.0 Å². The van der Waals surface area contributed by atoms with Crippen LogP contribution in [-0.2, 0) is 0 Å². The number of nitrogens with one attached hydrogen (secondary N) is 1. The molecule has 204 valence electrons. The van der Waals surface area contributed by atoms with Gasteiger partial charge in [-0.3, -0.25) is 0 Å². The molecule has 1 N–H and O–H groups in total. The summed E-state index contributed by atoms with van der Waals surface area (Å²) in [5.74, 6) is 2.28. The third kappa shape index (κ3) is 4.80. The first kappa shape index (κ1) is 25.4. The lowest BCUT2D eigenvalue weighted by Gasteiger charge is -2.37. The summed E-state index contributed by atoms with van der Waals surface area (Å²) in [6.45, 7) is 3.28. The van der Waals surface area contributed by atoms with E-state index in [0.717, 1.165) is 59.7 Å². The van der Waals surface area contributed by atoms with E-state index in [4.69, 9.17) is 14.4 Å². The Morgan fingerprint density at radius 1 is 0.643 bits per heavy atom. The number of furan rings is 1. The van der Waals surface area contributed by atoms with Crippen molar-refractivity contribution in [1.29, 1.82) is 5.26 Å². The third-order valence-corrected chi connectivity index (χ3v) is 7.60. The van der Waals surface area contributed by atoms with Crippen molar-refractivity contribution in [3.05, 3.63) is 121 Å². The normalized spacial score (nSPS) is 13.2. The molecule has 0 radical (unpaired) electrons. The summed E-state index contributed by atoms with van der Waals surface area (Å²) in [5.41, 5.74) is 5.78. The Kier molecular flexibility index (Phi) is 6.71. The summed E-state index contributed by atoms with van der Waals surface area (Å²) < 4.78 is 6.48. The predicted octanol–water partition coefficient (Wildman–Crippen LogP) is 7.50. The quantitative estimate of drug-likeness (QED) is 0.231. The van der Waals surface area contributed by atoms with E-state index in [1.165, 1.54) is 5.69 Å². The molecule has 0 unspecified atom stereocenters. The number of benzene rings is 4. The molecule has 6 aromatic rings. The molecule has 7 rings (SSSR count). The minimum absolute atomic E-state index is 0.351. The van der Waals surface area contributed by atoms with Crippen molar-refractivity contribution in [1.82, 2.24) is 9.97 Å². The Balaban J connectivity index is 1.30. The summed E-state index contributed by atoms with van der Waals surface area (Å²) in [6, 6.07) is 40.5. The number of rotatable bonds is 6. The molecule has 1 aliphatic rings. The van der Waals surface area contributed by atoms with E-state index in [1.54, 1.807) is 0 Å². The fraction of sp³-hybridized carbons (Fsp3) is 0.114. The molecule has 0 bridgehead atoms. The van der Waals surface area contributed by atoms with Gasteiger partial charge in [-0.1, -0.05) is 91.0 Å². The Bertz CT molecular complexity index is 1870. The van der Waals surface area contributed by atoms with E-state index in [0.29, 0.717) is 23.0 Å². The molecule has 1 fully saturated rings. The molecule has 1 saturated heterocycles. The zero-order valence-electron chi connectivity index (χ0n) is 22.9. The molecular formula is C35H28N6O. The van der Waals surface area contributed by atoms with Crippen LogP contribution in [0.3, 0.4) is 0 Å². The zero-order chi connectivity index (χ0) is 28.3. The Morgan fingerprint density at radius 2 is 1.19 bits per heavy atom. The van der Waals surface area contributed by atoms with Gasteiger partial charge in [-0.05, 0) is 29.8 Å². The molecule has 0 aliphatic carbocycles. The highest BCUT2D eigenvalue weighted by atomic mass is 16.4. The zero-order valence-corrected chi connectivity index (χ0v) is 22.9. The Labute approximate surface area is 244 Å². The standard InChI is InChI=1S/C35H28N6O/c36-24-28-31(25-12-4-1-5-13-25)32(26-14-6-2-7-15-26)42-35(28)39-33-34(38-30-19-11-10-18-29(30)37-33)41-22-20-40(21-23-41)27-16-8-3-9-17-27/h1-19H,20-23H2,(H,37,39). The van der Waals surface area contributed by atoms with Crippen LogP contribution in [-0.4, -0.2) is 36.1 Å². The second-order valence-electron chi connectivity index (χ2n) is 10.2. The summed E-state index contributed by atoms with van der Waals surface area (Å²) in [6.07, 6.45) is 0. The van der Waals surface area contributed by atoms with Crippen molar-refractivity contribution in [3.8, 4) is 28.5 Å². The first-order valence-electron chi connectivity index (χ1n) is 14.0. The molecule has 0 saturated carbocycles. The molecule has 0 spiro atoms. The average Bonchev–Trinajstić information content (AvgIpc) is 3.44. The maximum atomic E-state index is 10.4. The number of nitriles is 1. The van der Waals surface area contributed by atoms with Gasteiger partial charge >= 0.3 is 0 Å². The van der Waals surface area contributed by atoms with Gasteiger partial charge in [-0.2, -0.15) is 5.26 Å². The number of piperazine rings is 1. The fourth-order valence-electron chi connectivity index (χ4n) is 5.52. The van der Waals surface area contributed by atoms with Crippen LogP contribution in [0.4, 0.5) is 23.2 Å². The molecule has 7 nitrogen and oxygen atoms in total. The minimum Gasteiger partial charge on any atom is -0.438 e. The lowest BCUT2D eigenvalue weighted by Crippen LogP contribution is -2.47. The monoisotopic (exact) mass is 548 g/mol. The van der Waals surface area contributed by atoms with Crippen molar-refractivity contribution in [3.63, 3.8) is 0 Å². The van der Waals surface area contributed by atoms with Crippen LogP contribution in [0.5, 0.6) is 0 Å². The van der Waals surface area contributed by atoms with E-state index in [2.05, 4.69) is 45.5 Å². The van der Waals surface area contributed by atoms with Crippen LogP contribution >= 0.6 is 0 Å². The lowest BCUT2D eigenvalue weighted by atomic mass is 9.98. The number of hydrogen-bond acceptors (Lipinski definition) is 7. The maximum Gasteiger partial charge on any atom is 0.217 e. The van der Waals surface area contributed by atoms with Crippen molar-refractivity contribution < 1.29 is 4.42 Å². The average molecular weight is 549 g/mol. The first-order valence-corrected chi connectivity index (χ1v) is 14.0. The van der Waals surface area contributed by atoms with Crippen molar-refractivity contribution in [2.45, 2.75) is 0 Å². The van der Waals surface area contributed by atoms with Gasteiger partial charge in [0, 0.05) is 43.0 Å². The van der Waals surface area contributed by atoms with Gasteiger partial charge in [0.1, 0.15) is 17.4 Å². The minimum atomic E-state index is 0.351. The van der Waals surface area contributed by atoms with Gasteiger partial charge in [0.2, 0.25) is 5.88 Å². The van der Waals surface area contributed by atoms with Crippen LogP contribution in [0.15, 0.2) is 120 Å². The summed E-state index contributed by atoms with van der Waals surface area (Å²) in [7, 11) is 0. The van der Waals surface area contributed by atoms with Crippen LogP contribution in [0.1, 0.15) is 5.56 Å². The molecule has 2 aromatic heterocycles. The second-order valence-corrected chi connectivity index (χ2v) is 10.2. The Morgan fingerprint density at radius 3 is 1.83 bits per heavy atom. The number of hydrogen-bond donors (Lipinski definition) is 1. The van der Waals surface area contributed by atoms with Gasteiger partial charge in [-0.25, -0.2) is 9.97 Å². The Hall–Kier alpha value is -5.61. The molecule has 7 heteroatoms. The lowest BCUT2D eigenvalue weighted by molar-refractivity contribution is 0.599.